The van der Waals surface area contributed by atoms with Crippen LogP contribution in [-0.4, -0.2) is 32.9 Å². The third-order valence-electron chi connectivity index (χ3n) is 2.41. The van der Waals surface area contributed by atoms with E-state index in [9.17, 15) is 4.39 Å². The van der Waals surface area contributed by atoms with Crippen molar-refractivity contribution < 1.29 is 4.39 Å². The van der Waals surface area contributed by atoms with E-state index in [4.69, 9.17) is 5.53 Å². The van der Waals surface area contributed by atoms with Crippen LogP contribution in [0.3, 0.4) is 0 Å². The Morgan fingerprint density at radius 2 is 2.17 bits per heavy atom. The SMILES string of the molecule is [N-]=[N+]=NC(CF)Cc1ccc(-n2cnnn2)cc1. The standard InChI is InChI=1S/C10H10FN7/c11-6-9(14-15-12)5-8-1-3-10(4-2-8)18-7-13-16-17-18/h1-4,7,9H,5-6H2. The first kappa shape index (κ1) is 12.0. The first-order valence-electron chi connectivity index (χ1n) is 5.26. The molecular weight excluding hydrogens is 237 g/mol. The van der Waals surface area contributed by atoms with Gasteiger partial charge in [0.15, 0.2) is 0 Å². The van der Waals surface area contributed by atoms with Crippen molar-refractivity contribution in [3.05, 3.63) is 46.6 Å². The number of nitrogens with zero attached hydrogens (tertiary/aromatic N) is 7. The minimum absolute atomic E-state index is 0.371. The van der Waals surface area contributed by atoms with E-state index in [1.807, 2.05) is 24.3 Å². The van der Waals surface area contributed by atoms with Crippen LogP contribution in [0.1, 0.15) is 5.56 Å². The molecule has 0 amide bonds. The molecule has 1 aromatic carbocycles. The molecule has 2 rings (SSSR count). The third kappa shape index (κ3) is 2.80. The van der Waals surface area contributed by atoms with E-state index in [1.165, 1.54) is 11.0 Å². The largest absolute Gasteiger partial charge is 0.251 e. The molecule has 0 bridgehead atoms. The van der Waals surface area contributed by atoms with Crippen LogP contribution < -0.4 is 0 Å². The Hall–Kier alpha value is -2.47. The van der Waals surface area contributed by atoms with E-state index < -0.39 is 12.7 Å². The summed E-state index contributed by atoms with van der Waals surface area (Å²) < 4.78 is 14.1. The molecular formula is C10H10FN7. The zero-order chi connectivity index (χ0) is 12.8. The fraction of sp³-hybridized carbons (Fsp3) is 0.300. The molecule has 8 heteroatoms. The van der Waals surface area contributed by atoms with E-state index in [-0.39, 0.29) is 0 Å². The summed E-state index contributed by atoms with van der Waals surface area (Å²) in [5, 5.41) is 14.2. The molecule has 2 aromatic rings. The normalized spacial score (nSPS) is 11.8. The van der Waals surface area contributed by atoms with Gasteiger partial charge in [-0.3, -0.25) is 4.39 Å². The summed E-state index contributed by atoms with van der Waals surface area (Å²) >= 11 is 0. The highest BCUT2D eigenvalue weighted by molar-refractivity contribution is 5.33. The van der Waals surface area contributed by atoms with Crippen molar-refractivity contribution in [1.82, 2.24) is 20.2 Å². The molecule has 0 saturated carbocycles. The fourth-order valence-electron chi connectivity index (χ4n) is 1.54. The fourth-order valence-corrected chi connectivity index (χ4v) is 1.54. The van der Waals surface area contributed by atoms with Gasteiger partial charge < -0.3 is 0 Å². The maximum atomic E-state index is 12.5. The predicted octanol–water partition coefficient (Wildman–Crippen LogP) is 1.85. The van der Waals surface area contributed by atoms with Crippen LogP contribution in [0, 0.1) is 0 Å². The van der Waals surface area contributed by atoms with Crippen LogP contribution in [0.5, 0.6) is 0 Å². The van der Waals surface area contributed by atoms with Gasteiger partial charge in [-0.1, -0.05) is 17.2 Å². The Labute approximate surface area is 102 Å². The number of rotatable bonds is 5. The first-order chi connectivity index (χ1) is 8.83. The quantitative estimate of drug-likeness (QED) is 0.458. The molecule has 18 heavy (non-hydrogen) atoms. The number of azide groups is 1. The Kier molecular flexibility index (Phi) is 3.83. The average Bonchev–Trinajstić information content (AvgIpc) is 2.93. The van der Waals surface area contributed by atoms with Crippen LogP contribution in [0.25, 0.3) is 16.1 Å². The zero-order valence-corrected chi connectivity index (χ0v) is 9.39. The predicted molar refractivity (Wildman–Crippen MR) is 61.8 cm³/mol. The maximum Gasteiger partial charge on any atom is 0.143 e. The summed E-state index contributed by atoms with van der Waals surface area (Å²) in [5.74, 6) is 0. The summed E-state index contributed by atoms with van der Waals surface area (Å²) in [6.07, 6.45) is 1.86. The highest BCUT2D eigenvalue weighted by Gasteiger charge is 2.07. The molecule has 1 aromatic heterocycles. The van der Waals surface area contributed by atoms with Crippen molar-refractivity contribution in [1.29, 1.82) is 0 Å². The molecule has 0 aliphatic heterocycles. The van der Waals surface area contributed by atoms with E-state index >= 15 is 0 Å². The van der Waals surface area contributed by atoms with Gasteiger partial charge in [0, 0.05) is 4.91 Å². The van der Waals surface area contributed by atoms with Gasteiger partial charge in [0.2, 0.25) is 0 Å². The smallest absolute Gasteiger partial charge is 0.143 e. The Morgan fingerprint density at radius 3 is 2.72 bits per heavy atom. The number of hydrogen-bond donors (Lipinski definition) is 0. The summed E-state index contributed by atoms with van der Waals surface area (Å²) in [6.45, 7) is -0.668. The minimum Gasteiger partial charge on any atom is -0.251 e. The van der Waals surface area contributed by atoms with Crippen LogP contribution in [0.2, 0.25) is 0 Å². The molecule has 1 unspecified atom stereocenters. The molecule has 0 aliphatic carbocycles. The van der Waals surface area contributed by atoms with Crippen molar-refractivity contribution in [3.8, 4) is 5.69 Å². The van der Waals surface area contributed by atoms with E-state index in [1.54, 1.807) is 0 Å². The Bertz CT molecular complexity index is 530. The number of aromatic nitrogens is 4. The molecule has 7 nitrogen and oxygen atoms in total. The van der Waals surface area contributed by atoms with E-state index in [0.29, 0.717) is 6.42 Å². The van der Waals surface area contributed by atoms with Crippen molar-refractivity contribution in [3.63, 3.8) is 0 Å². The van der Waals surface area contributed by atoms with Gasteiger partial charge in [-0.2, -0.15) is 0 Å². The molecule has 0 radical (unpaired) electrons. The van der Waals surface area contributed by atoms with Gasteiger partial charge >= 0.3 is 0 Å². The number of halogens is 1. The first-order valence-corrected chi connectivity index (χ1v) is 5.26. The van der Waals surface area contributed by atoms with Crippen molar-refractivity contribution in [2.24, 2.45) is 5.11 Å². The van der Waals surface area contributed by atoms with Gasteiger partial charge in [-0.05, 0) is 40.1 Å². The summed E-state index contributed by atoms with van der Waals surface area (Å²) in [5.41, 5.74) is 9.98. The number of hydrogen-bond acceptors (Lipinski definition) is 4. The summed E-state index contributed by atoms with van der Waals surface area (Å²) in [6, 6.07) is 6.63. The van der Waals surface area contributed by atoms with Crippen LogP contribution >= 0.6 is 0 Å². The second-order valence-corrected chi connectivity index (χ2v) is 3.64. The van der Waals surface area contributed by atoms with Crippen LogP contribution in [-0.2, 0) is 6.42 Å². The molecule has 92 valence electrons. The van der Waals surface area contributed by atoms with Crippen molar-refractivity contribution in [2.75, 3.05) is 6.67 Å². The Balaban J connectivity index is 2.10. The third-order valence-corrected chi connectivity index (χ3v) is 2.41. The number of tetrazole rings is 1. The lowest BCUT2D eigenvalue weighted by molar-refractivity contribution is 0.426. The molecule has 0 aliphatic rings. The lowest BCUT2D eigenvalue weighted by Crippen LogP contribution is -2.10. The number of alkyl halides is 1. The molecule has 0 saturated heterocycles. The highest BCUT2D eigenvalue weighted by Crippen LogP contribution is 2.11. The lowest BCUT2D eigenvalue weighted by atomic mass is 10.1. The Morgan fingerprint density at radius 1 is 1.39 bits per heavy atom. The summed E-state index contributed by atoms with van der Waals surface area (Å²) in [4.78, 5) is 2.62. The van der Waals surface area contributed by atoms with Gasteiger partial charge in [0.1, 0.15) is 6.33 Å². The van der Waals surface area contributed by atoms with Crippen LogP contribution in [0.15, 0.2) is 35.7 Å². The van der Waals surface area contributed by atoms with Crippen LogP contribution in [0.4, 0.5) is 4.39 Å². The zero-order valence-electron chi connectivity index (χ0n) is 9.39. The van der Waals surface area contributed by atoms with Gasteiger partial charge in [0.25, 0.3) is 0 Å². The van der Waals surface area contributed by atoms with Crippen molar-refractivity contribution >= 4 is 0 Å². The molecule has 1 atom stereocenters. The molecule has 0 fully saturated rings. The van der Waals surface area contributed by atoms with E-state index in [0.717, 1.165) is 11.3 Å². The monoisotopic (exact) mass is 247 g/mol. The molecule has 0 N–H and O–H groups in total. The average molecular weight is 247 g/mol. The summed E-state index contributed by atoms with van der Waals surface area (Å²) in [7, 11) is 0. The molecule has 1 heterocycles. The molecule has 0 spiro atoms. The topological polar surface area (TPSA) is 92.4 Å². The lowest BCUT2D eigenvalue weighted by Gasteiger charge is -2.07. The second kappa shape index (κ2) is 5.74. The van der Waals surface area contributed by atoms with Crippen molar-refractivity contribution in [2.45, 2.75) is 12.5 Å². The van der Waals surface area contributed by atoms with E-state index in [2.05, 4.69) is 25.6 Å². The van der Waals surface area contributed by atoms with Gasteiger partial charge in [0.05, 0.1) is 18.4 Å². The maximum absolute atomic E-state index is 12.5. The minimum atomic E-state index is -0.668. The number of benzene rings is 1. The second-order valence-electron chi connectivity index (χ2n) is 3.64. The highest BCUT2D eigenvalue weighted by atomic mass is 19.1. The van der Waals surface area contributed by atoms with Gasteiger partial charge in [-0.15, -0.1) is 5.10 Å². The van der Waals surface area contributed by atoms with Gasteiger partial charge in [-0.25, -0.2) is 4.68 Å².